The lowest BCUT2D eigenvalue weighted by atomic mass is 10.2. The van der Waals surface area contributed by atoms with E-state index in [1.165, 1.54) is 0 Å². The van der Waals surface area contributed by atoms with Gasteiger partial charge in [0.15, 0.2) is 5.82 Å². The summed E-state index contributed by atoms with van der Waals surface area (Å²) < 4.78 is 17.5. The summed E-state index contributed by atoms with van der Waals surface area (Å²) in [6, 6.07) is 8.87. The fraction of sp³-hybridized carbons (Fsp3) is 0.263. The van der Waals surface area contributed by atoms with Gasteiger partial charge in [-0.2, -0.15) is 0 Å². The summed E-state index contributed by atoms with van der Waals surface area (Å²) >= 11 is 0. The van der Waals surface area contributed by atoms with Gasteiger partial charge in [0.2, 0.25) is 0 Å². The summed E-state index contributed by atoms with van der Waals surface area (Å²) in [5.41, 5.74) is 2.82. The first kappa shape index (κ1) is 17.6. The van der Waals surface area contributed by atoms with E-state index in [2.05, 4.69) is 10.5 Å². The van der Waals surface area contributed by atoms with Gasteiger partial charge in [-0.3, -0.25) is 9.36 Å². The summed E-state index contributed by atoms with van der Waals surface area (Å²) in [5, 5.41) is 6.92. The molecule has 0 radical (unpaired) electrons. The number of hydrogen-bond acceptors (Lipinski definition) is 5. The second kappa shape index (κ2) is 6.95. The molecule has 0 spiro atoms. The van der Waals surface area contributed by atoms with Crippen LogP contribution in [-0.2, 0) is 0 Å². The lowest BCUT2D eigenvalue weighted by molar-refractivity contribution is 0.102. The number of carbonyl (C=O) groups is 1. The van der Waals surface area contributed by atoms with Crippen LogP contribution in [0.3, 0.4) is 0 Å². The highest BCUT2D eigenvalue weighted by Gasteiger charge is 2.19. The van der Waals surface area contributed by atoms with E-state index in [0.29, 0.717) is 34.3 Å². The second-order valence-corrected chi connectivity index (χ2v) is 5.97. The summed E-state index contributed by atoms with van der Waals surface area (Å²) in [6.07, 6.45) is 0. The molecule has 2 heterocycles. The van der Waals surface area contributed by atoms with Crippen LogP contribution in [-0.4, -0.2) is 29.9 Å². The van der Waals surface area contributed by atoms with Crippen molar-refractivity contribution in [1.29, 1.82) is 0 Å². The largest absolute Gasteiger partial charge is 0.497 e. The first-order chi connectivity index (χ1) is 12.4. The molecule has 1 N–H and O–H groups in total. The molecule has 0 saturated heterocycles. The third kappa shape index (κ3) is 3.28. The standard InChI is InChI=1S/C19H21N3O4/c1-11-6-17(13(3)22(11)18-7-12(2)26-21-18)19(23)20-14-8-15(24-4)10-16(9-14)25-5/h6-10H,1-5H3,(H,20,23). The normalized spacial score (nSPS) is 10.7. The number of carbonyl (C=O) groups excluding carboxylic acids is 1. The number of ether oxygens (including phenoxy) is 2. The van der Waals surface area contributed by atoms with Crippen molar-refractivity contribution >= 4 is 11.6 Å². The van der Waals surface area contributed by atoms with Crippen molar-refractivity contribution in [2.24, 2.45) is 0 Å². The monoisotopic (exact) mass is 355 g/mol. The van der Waals surface area contributed by atoms with Crippen LogP contribution in [0, 0.1) is 20.8 Å². The molecule has 1 amide bonds. The number of benzene rings is 1. The Bertz CT molecular complexity index is 934. The molecule has 0 aliphatic carbocycles. The molecule has 0 unspecified atom stereocenters. The van der Waals surface area contributed by atoms with Crippen LogP contribution in [0.15, 0.2) is 34.9 Å². The Balaban J connectivity index is 1.92. The number of nitrogens with zero attached hydrogens (tertiary/aromatic N) is 2. The Kier molecular flexibility index (Phi) is 4.71. The molecule has 2 aromatic heterocycles. The van der Waals surface area contributed by atoms with Crippen LogP contribution in [0.4, 0.5) is 5.69 Å². The molecule has 7 heteroatoms. The Labute approximate surface area is 151 Å². The maximum Gasteiger partial charge on any atom is 0.257 e. The highest BCUT2D eigenvalue weighted by atomic mass is 16.5. The van der Waals surface area contributed by atoms with Gasteiger partial charge in [0.05, 0.1) is 19.8 Å². The van der Waals surface area contributed by atoms with Gasteiger partial charge in [0.25, 0.3) is 5.91 Å². The molecule has 1 aromatic carbocycles. The van der Waals surface area contributed by atoms with E-state index >= 15 is 0 Å². The minimum absolute atomic E-state index is 0.222. The van der Waals surface area contributed by atoms with Gasteiger partial charge < -0.3 is 19.3 Å². The molecule has 0 aliphatic heterocycles. The smallest absolute Gasteiger partial charge is 0.257 e. The van der Waals surface area contributed by atoms with E-state index in [-0.39, 0.29) is 5.91 Å². The van der Waals surface area contributed by atoms with Crippen LogP contribution < -0.4 is 14.8 Å². The fourth-order valence-corrected chi connectivity index (χ4v) is 2.88. The zero-order valence-corrected chi connectivity index (χ0v) is 15.4. The van der Waals surface area contributed by atoms with Crippen LogP contribution in [0.25, 0.3) is 5.82 Å². The molecule has 3 aromatic rings. The maximum atomic E-state index is 12.8. The van der Waals surface area contributed by atoms with Crippen molar-refractivity contribution in [2.75, 3.05) is 19.5 Å². The third-order valence-corrected chi connectivity index (χ3v) is 4.13. The van der Waals surface area contributed by atoms with Gasteiger partial charge in [-0.15, -0.1) is 0 Å². The zero-order chi connectivity index (χ0) is 18.8. The SMILES string of the molecule is COc1cc(NC(=O)c2cc(C)n(-c3cc(C)on3)c2C)cc(OC)c1. The van der Waals surface area contributed by atoms with Gasteiger partial charge in [-0.25, -0.2) is 0 Å². The van der Waals surface area contributed by atoms with E-state index in [4.69, 9.17) is 14.0 Å². The lowest BCUT2D eigenvalue weighted by Gasteiger charge is -2.10. The molecular formula is C19H21N3O4. The van der Waals surface area contributed by atoms with Crippen LogP contribution in [0.1, 0.15) is 27.5 Å². The first-order valence-electron chi connectivity index (χ1n) is 8.10. The average Bonchev–Trinajstić information content (AvgIpc) is 3.16. The number of methoxy groups -OCH3 is 2. The molecular weight excluding hydrogens is 334 g/mol. The third-order valence-electron chi connectivity index (χ3n) is 4.13. The van der Waals surface area contributed by atoms with Gasteiger partial charge in [0, 0.05) is 41.3 Å². The Morgan fingerprint density at radius 3 is 2.23 bits per heavy atom. The number of anilines is 1. The van der Waals surface area contributed by atoms with E-state index < -0.39 is 0 Å². The molecule has 7 nitrogen and oxygen atoms in total. The van der Waals surface area contributed by atoms with Crippen LogP contribution in [0.2, 0.25) is 0 Å². The average molecular weight is 355 g/mol. The highest BCUT2D eigenvalue weighted by molar-refractivity contribution is 6.05. The second-order valence-electron chi connectivity index (χ2n) is 5.97. The first-order valence-corrected chi connectivity index (χ1v) is 8.10. The molecule has 0 saturated carbocycles. The fourth-order valence-electron chi connectivity index (χ4n) is 2.88. The topological polar surface area (TPSA) is 78.5 Å². The quantitative estimate of drug-likeness (QED) is 0.756. The summed E-state index contributed by atoms with van der Waals surface area (Å²) in [5.74, 6) is 2.34. The van der Waals surface area contributed by atoms with Crippen molar-refractivity contribution in [1.82, 2.24) is 9.72 Å². The molecule has 3 rings (SSSR count). The predicted octanol–water partition coefficient (Wildman–Crippen LogP) is 3.66. The molecule has 136 valence electrons. The zero-order valence-electron chi connectivity index (χ0n) is 15.4. The van der Waals surface area contributed by atoms with Gasteiger partial charge in [0.1, 0.15) is 17.3 Å². The Morgan fingerprint density at radius 1 is 1.04 bits per heavy atom. The predicted molar refractivity (Wildman–Crippen MR) is 97.5 cm³/mol. The Morgan fingerprint density at radius 2 is 1.69 bits per heavy atom. The van der Waals surface area contributed by atoms with E-state index in [1.807, 2.05) is 37.5 Å². The summed E-state index contributed by atoms with van der Waals surface area (Å²) in [4.78, 5) is 12.8. The Hall–Kier alpha value is -3.22. The van der Waals surface area contributed by atoms with Crippen molar-refractivity contribution in [3.63, 3.8) is 0 Å². The van der Waals surface area contributed by atoms with Crippen molar-refractivity contribution in [3.8, 4) is 17.3 Å². The number of nitrogens with one attached hydrogen (secondary N) is 1. The highest BCUT2D eigenvalue weighted by Crippen LogP contribution is 2.27. The number of aryl methyl sites for hydroxylation is 2. The van der Waals surface area contributed by atoms with E-state index in [0.717, 1.165) is 11.4 Å². The van der Waals surface area contributed by atoms with Crippen molar-refractivity contribution in [3.05, 3.63) is 53.0 Å². The number of amides is 1. The van der Waals surface area contributed by atoms with Gasteiger partial charge >= 0.3 is 0 Å². The van der Waals surface area contributed by atoms with Crippen molar-refractivity contribution in [2.45, 2.75) is 20.8 Å². The lowest BCUT2D eigenvalue weighted by Crippen LogP contribution is -2.13. The minimum Gasteiger partial charge on any atom is -0.497 e. The maximum absolute atomic E-state index is 12.8. The molecule has 0 fully saturated rings. The van der Waals surface area contributed by atoms with Crippen LogP contribution in [0.5, 0.6) is 11.5 Å². The molecule has 0 bridgehead atoms. The minimum atomic E-state index is -0.222. The van der Waals surface area contributed by atoms with Gasteiger partial charge in [-0.05, 0) is 26.8 Å². The molecule has 0 atom stereocenters. The summed E-state index contributed by atoms with van der Waals surface area (Å²) in [6.45, 7) is 5.62. The van der Waals surface area contributed by atoms with Crippen LogP contribution >= 0.6 is 0 Å². The number of hydrogen-bond donors (Lipinski definition) is 1. The van der Waals surface area contributed by atoms with E-state index in [9.17, 15) is 4.79 Å². The summed E-state index contributed by atoms with van der Waals surface area (Å²) in [7, 11) is 3.13. The molecule has 26 heavy (non-hydrogen) atoms. The molecule has 0 aliphatic rings. The van der Waals surface area contributed by atoms with Crippen molar-refractivity contribution < 1.29 is 18.8 Å². The number of aromatic nitrogens is 2. The van der Waals surface area contributed by atoms with E-state index in [1.54, 1.807) is 32.4 Å². The number of rotatable bonds is 5. The van der Waals surface area contributed by atoms with Gasteiger partial charge in [-0.1, -0.05) is 5.16 Å².